The predicted molar refractivity (Wildman–Crippen MR) is 86.4 cm³/mol. The Labute approximate surface area is 139 Å². The molecule has 3 heterocycles. The first-order chi connectivity index (χ1) is 11.8. The van der Waals surface area contributed by atoms with Gasteiger partial charge in [-0.05, 0) is 31.0 Å². The Kier molecular flexibility index (Phi) is 3.74. The second kappa shape index (κ2) is 6.19. The first kappa shape index (κ1) is 14.5. The van der Waals surface area contributed by atoms with E-state index in [1.807, 2.05) is 29.2 Å². The predicted octanol–water partition coefficient (Wildman–Crippen LogP) is 2.03. The van der Waals surface area contributed by atoms with Gasteiger partial charge in [0.15, 0.2) is 0 Å². The fraction of sp³-hybridized carbons (Fsp3) is 0.235. The molecule has 7 nitrogen and oxygen atoms in total. The number of amides is 1. The van der Waals surface area contributed by atoms with E-state index in [2.05, 4.69) is 20.2 Å². The minimum atomic E-state index is -0.00947. The summed E-state index contributed by atoms with van der Waals surface area (Å²) in [5.74, 6) is 0.0121. The standard InChI is InChI=1S/C17H16N6O/c24-17(13-3-1-4-14(9-13)22-11-20-21-12-22)23-8-2-5-16(23)15-10-18-6-7-19-15/h1,3-4,6-7,9-12,16H,2,5,8H2/t16-/m1/s1. The summed E-state index contributed by atoms with van der Waals surface area (Å²) in [6, 6.07) is 7.48. The molecule has 0 N–H and O–H groups in total. The molecule has 4 rings (SSSR count). The van der Waals surface area contributed by atoms with E-state index in [-0.39, 0.29) is 11.9 Å². The molecule has 0 bridgehead atoms. The van der Waals surface area contributed by atoms with E-state index >= 15 is 0 Å². The van der Waals surface area contributed by atoms with Gasteiger partial charge in [-0.2, -0.15) is 0 Å². The van der Waals surface area contributed by atoms with E-state index in [9.17, 15) is 4.79 Å². The van der Waals surface area contributed by atoms with Crippen molar-refractivity contribution >= 4 is 5.91 Å². The Morgan fingerprint density at radius 3 is 2.83 bits per heavy atom. The number of likely N-dealkylation sites (tertiary alicyclic amines) is 1. The first-order valence-electron chi connectivity index (χ1n) is 7.85. The molecule has 24 heavy (non-hydrogen) atoms. The van der Waals surface area contributed by atoms with Gasteiger partial charge in [-0.15, -0.1) is 10.2 Å². The van der Waals surface area contributed by atoms with Crippen molar-refractivity contribution in [3.63, 3.8) is 0 Å². The Hall–Kier alpha value is -3.09. The van der Waals surface area contributed by atoms with Gasteiger partial charge < -0.3 is 4.90 Å². The number of nitrogens with zero attached hydrogens (tertiary/aromatic N) is 6. The molecule has 3 aromatic rings. The molecule has 0 radical (unpaired) electrons. The second-order valence-electron chi connectivity index (χ2n) is 5.71. The number of benzene rings is 1. The van der Waals surface area contributed by atoms with Gasteiger partial charge in [-0.1, -0.05) is 6.07 Å². The van der Waals surface area contributed by atoms with E-state index in [4.69, 9.17) is 0 Å². The average molecular weight is 320 g/mol. The van der Waals surface area contributed by atoms with E-state index in [0.29, 0.717) is 5.56 Å². The Morgan fingerprint density at radius 1 is 1.17 bits per heavy atom. The molecule has 0 aliphatic carbocycles. The highest BCUT2D eigenvalue weighted by molar-refractivity contribution is 5.95. The fourth-order valence-corrected chi connectivity index (χ4v) is 3.10. The van der Waals surface area contributed by atoms with Crippen molar-refractivity contribution in [3.05, 3.63) is 66.8 Å². The molecule has 7 heteroatoms. The van der Waals surface area contributed by atoms with Crippen LogP contribution in [-0.4, -0.2) is 42.1 Å². The average Bonchev–Trinajstić information content (AvgIpc) is 3.34. The molecular weight excluding hydrogens is 304 g/mol. The van der Waals surface area contributed by atoms with Gasteiger partial charge in [-0.25, -0.2) is 0 Å². The highest BCUT2D eigenvalue weighted by Gasteiger charge is 2.31. The number of carbonyl (C=O) groups is 1. The summed E-state index contributed by atoms with van der Waals surface area (Å²) in [5, 5.41) is 7.61. The smallest absolute Gasteiger partial charge is 0.254 e. The summed E-state index contributed by atoms with van der Waals surface area (Å²) >= 11 is 0. The van der Waals surface area contributed by atoms with Crippen LogP contribution in [0.2, 0.25) is 0 Å². The zero-order valence-corrected chi connectivity index (χ0v) is 13.0. The van der Waals surface area contributed by atoms with Crippen molar-refractivity contribution in [2.75, 3.05) is 6.54 Å². The lowest BCUT2D eigenvalue weighted by Crippen LogP contribution is -2.31. The monoisotopic (exact) mass is 320 g/mol. The van der Waals surface area contributed by atoms with Crippen LogP contribution in [-0.2, 0) is 0 Å². The van der Waals surface area contributed by atoms with E-state index < -0.39 is 0 Å². The third-order valence-corrected chi connectivity index (χ3v) is 4.25. The minimum Gasteiger partial charge on any atom is -0.330 e. The van der Waals surface area contributed by atoms with Gasteiger partial charge >= 0.3 is 0 Å². The van der Waals surface area contributed by atoms with Crippen LogP contribution in [0.3, 0.4) is 0 Å². The molecule has 1 aromatic carbocycles. The molecule has 0 spiro atoms. The van der Waals surface area contributed by atoms with Crippen LogP contribution in [0.4, 0.5) is 0 Å². The summed E-state index contributed by atoms with van der Waals surface area (Å²) in [5.41, 5.74) is 2.36. The molecule has 1 aliphatic rings. The van der Waals surface area contributed by atoms with E-state index in [1.54, 1.807) is 35.8 Å². The van der Waals surface area contributed by atoms with Crippen molar-refractivity contribution < 1.29 is 4.79 Å². The molecule has 1 amide bonds. The summed E-state index contributed by atoms with van der Waals surface area (Å²) in [7, 11) is 0. The number of carbonyl (C=O) groups excluding carboxylic acids is 1. The van der Waals surface area contributed by atoms with Crippen LogP contribution < -0.4 is 0 Å². The van der Waals surface area contributed by atoms with Gasteiger partial charge in [0, 0.05) is 30.2 Å². The highest BCUT2D eigenvalue weighted by atomic mass is 16.2. The van der Waals surface area contributed by atoms with Crippen LogP contribution in [0, 0.1) is 0 Å². The maximum absolute atomic E-state index is 13.0. The molecule has 1 aliphatic heterocycles. The molecule has 0 unspecified atom stereocenters. The van der Waals surface area contributed by atoms with Crippen LogP contribution in [0.15, 0.2) is 55.5 Å². The summed E-state index contributed by atoms with van der Waals surface area (Å²) in [6.45, 7) is 0.733. The lowest BCUT2D eigenvalue weighted by atomic mass is 10.1. The molecule has 120 valence electrons. The normalized spacial score (nSPS) is 17.2. The number of aromatic nitrogens is 5. The lowest BCUT2D eigenvalue weighted by molar-refractivity contribution is 0.0732. The number of hydrogen-bond acceptors (Lipinski definition) is 5. The summed E-state index contributed by atoms with van der Waals surface area (Å²) in [4.78, 5) is 23.4. The van der Waals surface area contributed by atoms with Gasteiger partial charge in [0.05, 0.1) is 17.9 Å². The zero-order valence-electron chi connectivity index (χ0n) is 13.0. The van der Waals surface area contributed by atoms with Crippen LogP contribution in [0.25, 0.3) is 5.69 Å². The van der Waals surface area contributed by atoms with Gasteiger partial charge in [0.1, 0.15) is 12.7 Å². The fourth-order valence-electron chi connectivity index (χ4n) is 3.10. The summed E-state index contributed by atoms with van der Waals surface area (Å²) in [6.07, 6.45) is 10.2. The maximum Gasteiger partial charge on any atom is 0.254 e. The van der Waals surface area contributed by atoms with Crippen molar-refractivity contribution in [2.24, 2.45) is 0 Å². The van der Waals surface area contributed by atoms with Gasteiger partial charge in [-0.3, -0.25) is 19.3 Å². The third-order valence-electron chi connectivity index (χ3n) is 4.25. The van der Waals surface area contributed by atoms with Crippen molar-refractivity contribution in [1.29, 1.82) is 0 Å². The van der Waals surface area contributed by atoms with E-state index in [0.717, 1.165) is 30.8 Å². The quantitative estimate of drug-likeness (QED) is 0.738. The topological polar surface area (TPSA) is 76.8 Å². The number of hydrogen-bond donors (Lipinski definition) is 0. The second-order valence-corrected chi connectivity index (χ2v) is 5.71. The van der Waals surface area contributed by atoms with Crippen molar-refractivity contribution in [2.45, 2.75) is 18.9 Å². The molecule has 2 aromatic heterocycles. The van der Waals surface area contributed by atoms with Crippen molar-refractivity contribution in [3.8, 4) is 5.69 Å². The summed E-state index contributed by atoms with van der Waals surface area (Å²) < 4.78 is 1.78. The van der Waals surface area contributed by atoms with Crippen LogP contribution >= 0.6 is 0 Å². The maximum atomic E-state index is 13.0. The SMILES string of the molecule is O=C(c1cccc(-n2cnnc2)c1)N1CCC[C@@H]1c1cnccn1. The third kappa shape index (κ3) is 2.64. The lowest BCUT2D eigenvalue weighted by Gasteiger charge is -2.24. The Bertz CT molecular complexity index is 833. The zero-order chi connectivity index (χ0) is 16.4. The molecule has 1 atom stereocenters. The molecule has 1 saturated heterocycles. The number of rotatable bonds is 3. The Balaban J connectivity index is 1.62. The first-order valence-corrected chi connectivity index (χ1v) is 7.85. The highest BCUT2D eigenvalue weighted by Crippen LogP contribution is 2.31. The minimum absolute atomic E-state index is 0.00947. The largest absolute Gasteiger partial charge is 0.330 e. The molecule has 0 saturated carbocycles. The molecule has 1 fully saturated rings. The van der Waals surface area contributed by atoms with Crippen LogP contribution in [0.5, 0.6) is 0 Å². The van der Waals surface area contributed by atoms with E-state index in [1.165, 1.54) is 0 Å². The Morgan fingerprint density at radius 2 is 2.04 bits per heavy atom. The van der Waals surface area contributed by atoms with Crippen molar-refractivity contribution in [1.82, 2.24) is 29.6 Å². The molecular formula is C17H16N6O. The van der Waals surface area contributed by atoms with Gasteiger partial charge in [0.2, 0.25) is 0 Å². The van der Waals surface area contributed by atoms with Crippen LogP contribution in [0.1, 0.15) is 34.9 Å². The van der Waals surface area contributed by atoms with Gasteiger partial charge in [0.25, 0.3) is 5.91 Å².